The lowest BCUT2D eigenvalue weighted by atomic mass is 10.2. The first-order valence-electron chi connectivity index (χ1n) is 7.76. The van der Waals surface area contributed by atoms with Gasteiger partial charge in [-0.25, -0.2) is 4.68 Å². The SMILES string of the molecule is Cl.O=C(CC1CSCCN1)Nc1ccc(-n2nccc2C(F)(F)F)cc1. The molecule has 0 saturated carbocycles. The highest BCUT2D eigenvalue weighted by atomic mass is 35.5. The van der Waals surface area contributed by atoms with E-state index >= 15 is 0 Å². The summed E-state index contributed by atoms with van der Waals surface area (Å²) in [6, 6.07) is 7.19. The highest BCUT2D eigenvalue weighted by Crippen LogP contribution is 2.30. The van der Waals surface area contributed by atoms with E-state index in [1.807, 2.05) is 11.8 Å². The number of hydrogen-bond acceptors (Lipinski definition) is 4. The van der Waals surface area contributed by atoms with Crippen LogP contribution in [0.2, 0.25) is 0 Å². The Labute approximate surface area is 159 Å². The Morgan fingerprint density at radius 3 is 2.65 bits per heavy atom. The summed E-state index contributed by atoms with van der Waals surface area (Å²) in [7, 11) is 0. The highest BCUT2D eigenvalue weighted by Gasteiger charge is 2.35. The highest BCUT2D eigenvalue weighted by molar-refractivity contribution is 7.99. The largest absolute Gasteiger partial charge is 0.433 e. The van der Waals surface area contributed by atoms with E-state index in [4.69, 9.17) is 0 Å². The fourth-order valence-corrected chi connectivity index (χ4v) is 3.55. The van der Waals surface area contributed by atoms with Crippen LogP contribution in [0.3, 0.4) is 0 Å². The van der Waals surface area contributed by atoms with Crippen LogP contribution in [0.25, 0.3) is 5.69 Å². The van der Waals surface area contributed by atoms with Gasteiger partial charge in [-0.05, 0) is 30.3 Å². The molecule has 1 aliphatic heterocycles. The average molecular weight is 407 g/mol. The molecular formula is C16H18ClF3N4OS. The first kappa shape index (κ1) is 20.6. The summed E-state index contributed by atoms with van der Waals surface area (Å²) in [6.45, 7) is 0.892. The fraction of sp³-hybridized carbons (Fsp3) is 0.375. The molecule has 1 aromatic heterocycles. The molecule has 10 heteroatoms. The van der Waals surface area contributed by atoms with Gasteiger partial charge in [-0.1, -0.05) is 0 Å². The summed E-state index contributed by atoms with van der Waals surface area (Å²) in [4.78, 5) is 12.1. The van der Waals surface area contributed by atoms with Crippen molar-refractivity contribution in [3.8, 4) is 5.69 Å². The maximum Gasteiger partial charge on any atom is 0.433 e. The van der Waals surface area contributed by atoms with Gasteiger partial charge in [-0.3, -0.25) is 4.79 Å². The zero-order chi connectivity index (χ0) is 17.9. The Hall–Kier alpha value is -1.71. The lowest BCUT2D eigenvalue weighted by Gasteiger charge is -2.22. The molecule has 1 aromatic carbocycles. The van der Waals surface area contributed by atoms with Gasteiger partial charge in [0.15, 0.2) is 0 Å². The van der Waals surface area contributed by atoms with Gasteiger partial charge in [0.1, 0.15) is 5.69 Å². The molecule has 1 amide bonds. The third-order valence-corrected chi connectivity index (χ3v) is 4.89. The van der Waals surface area contributed by atoms with Crippen LogP contribution in [0.5, 0.6) is 0 Å². The van der Waals surface area contributed by atoms with Crippen LogP contribution in [0.4, 0.5) is 18.9 Å². The maximum absolute atomic E-state index is 12.9. The van der Waals surface area contributed by atoms with Crippen molar-refractivity contribution in [3.05, 3.63) is 42.2 Å². The second kappa shape index (κ2) is 8.79. The van der Waals surface area contributed by atoms with E-state index in [1.165, 1.54) is 12.1 Å². The molecule has 0 aliphatic carbocycles. The van der Waals surface area contributed by atoms with E-state index in [-0.39, 0.29) is 30.0 Å². The molecule has 3 rings (SSSR count). The van der Waals surface area contributed by atoms with Crippen LogP contribution in [0, 0.1) is 0 Å². The number of hydrogen-bond donors (Lipinski definition) is 2. The van der Waals surface area contributed by atoms with Gasteiger partial charge in [-0.15, -0.1) is 12.4 Å². The predicted molar refractivity (Wildman–Crippen MR) is 98.2 cm³/mol. The first-order valence-corrected chi connectivity index (χ1v) is 8.91. The van der Waals surface area contributed by atoms with Crippen molar-refractivity contribution in [2.45, 2.75) is 18.6 Å². The van der Waals surface area contributed by atoms with Crippen molar-refractivity contribution >= 4 is 35.8 Å². The molecule has 1 aliphatic rings. The van der Waals surface area contributed by atoms with Crippen molar-refractivity contribution in [2.75, 3.05) is 23.4 Å². The average Bonchev–Trinajstić information content (AvgIpc) is 3.06. The summed E-state index contributed by atoms with van der Waals surface area (Å²) in [5.74, 6) is 1.82. The van der Waals surface area contributed by atoms with Crippen LogP contribution < -0.4 is 10.6 Å². The van der Waals surface area contributed by atoms with Gasteiger partial charge in [0.2, 0.25) is 5.91 Å². The summed E-state index contributed by atoms with van der Waals surface area (Å²) < 4.78 is 39.6. The molecule has 26 heavy (non-hydrogen) atoms. The van der Waals surface area contributed by atoms with E-state index in [2.05, 4.69) is 15.7 Å². The van der Waals surface area contributed by atoms with Crippen molar-refractivity contribution in [2.24, 2.45) is 0 Å². The molecule has 0 radical (unpaired) electrons. The minimum absolute atomic E-state index is 0. The number of amides is 1. The van der Waals surface area contributed by atoms with Gasteiger partial charge in [0.25, 0.3) is 0 Å². The zero-order valence-electron chi connectivity index (χ0n) is 13.6. The third kappa shape index (κ3) is 5.15. The molecule has 0 bridgehead atoms. The van der Waals surface area contributed by atoms with Crippen LogP contribution in [-0.2, 0) is 11.0 Å². The van der Waals surface area contributed by atoms with E-state index < -0.39 is 11.9 Å². The lowest BCUT2D eigenvalue weighted by Crippen LogP contribution is -2.39. The molecule has 2 heterocycles. The minimum atomic E-state index is -4.48. The van der Waals surface area contributed by atoms with Gasteiger partial charge < -0.3 is 10.6 Å². The standard InChI is InChI=1S/C16H17F3N4OS.ClH/c17-16(18,19)14-5-6-21-23(14)13-3-1-11(2-4-13)22-15(24)9-12-10-25-8-7-20-12;/h1-6,12,20H,7-10H2,(H,22,24);1H. The topological polar surface area (TPSA) is 59.0 Å². The number of thioether (sulfide) groups is 1. The Bertz CT molecular complexity index is 730. The summed E-state index contributed by atoms with van der Waals surface area (Å²) >= 11 is 1.81. The number of alkyl halides is 3. The quantitative estimate of drug-likeness (QED) is 0.817. The Morgan fingerprint density at radius 2 is 2.04 bits per heavy atom. The molecule has 1 unspecified atom stereocenters. The van der Waals surface area contributed by atoms with E-state index in [9.17, 15) is 18.0 Å². The molecule has 2 aromatic rings. The number of nitrogens with zero attached hydrogens (tertiary/aromatic N) is 2. The monoisotopic (exact) mass is 406 g/mol. The van der Waals surface area contributed by atoms with E-state index in [0.29, 0.717) is 12.1 Å². The summed E-state index contributed by atoms with van der Waals surface area (Å²) in [5.41, 5.74) is -0.0243. The summed E-state index contributed by atoms with van der Waals surface area (Å²) in [5, 5.41) is 9.77. The van der Waals surface area contributed by atoms with Crippen LogP contribution in [-0.4, -0.2) is 39.8 Å². The molecule has 2 N–H and O–H groups in total. The Balaban J connectivity index is 0.00000243. The minimum Gasteiger partial charge on any atom is -0.326 e. The molecule has 1 atom stereocenters. The Kier molecular flexibility index (Phi) is 6.96. The molecule has 1 saturated heterocycles. The normalized spacial score (nSPS) is 17.4. The van der Waals surface area contributed by atoms with Crippen molar-refractivity contribution < 1.29 is 18.0 Å². The first-order chi connectivity index (χ1) is 11.9. The van der Waals surface area contributed by atoms with E-state index in [0.717, 1.165) is 35.0 Å². The summed E-state index contributed by atoms with van der Waals surface area (Å²) in [6.07, 6.45) is -3.01. The maximum atomic E-state index is 12.9. The van der Waals surface area contributed by atoms with Gasteiger partial charge >= 0.3 is 6.18 Å². The van der Waals surface area contributed by atoms with Gasteiger partial charge in [0, 0.05) is 36.2 Å². The van der Waals surface area contributed by atoms with Crippen LogP contribution >= 0.6 is 24.2 Å². The molecular weight excluding hydrogens is 389 g/mol. The number of carbonyl (C=O) groups excluding carboxylic acids is 1. The smallest absolute Gasteiger partial charge is 0.326 e. The fourth-order valence-electron chi connectivity index (χ4n) is 2.60. The molecule has 0 spiro atoms. The number of carbonyl (C=O) groups is 1. The van der Waals surface area contributed by atoms with Gasteiger partial charge in [0.05, 0.1) is 11.9 Å². The van der Waals surface area contributed by atoms with Crippen LogP contribution in [0.15, 0.2) is 36.5 Å². The number of rotatable bonds is 4. The number of anilines is 1. The second-order valence-corrected chi connectivity index (χ2v) is 6.80. The number of aromatic nitrogens is 2. The lowest BCUT2D eigenvalue weighted by molar-refractivity contribution is -0.142. The van der Waals surface area contributed by atoms with Crippen LogP contribution in [0.1, 0.15) is 12.1 Å². The predicted octanol–water partition coefficient (Wildman–Crippen LogP) is 3.35. The molecule has 1 fully saturated rings. The zero-order valence-corrected chi connectivity index (χ0v) is 15.3. The molecule has 5 nitrogen and oxygen atoms in total. The molecule has 142 valence electrons. The third-order valence-electron chi connectivity index (χ3n) is 3.76. The van der Waals surface area contributed by atoms with Gasteiger partial charge in [-0.2, -0.15) is 30.0 Å². The number of benzene rings is 1. The van der Waals surface area contributed by atoms with Crippen molar-refractivity contribution in [1.82, 2.24) is 15.1 Å². The van der Waals surface area contributed by atoms with Crippen molar-refractivity contribution in [1.29, 1.82) is 0 Å². The second-order valence-electron chi connectivity index (χ2n) is 5.65. The van der Waals surface area contributed by atoms with Crippen molar-refractivity contribution in [3.63, 3.8) is 0 Å². The Morgan fingerprint density at radius 1 is 1.31 bits per heavy atom. The number of halogens is 4. The number of nitrogens with one attached hydrogen (secondary N) is 2. The van der Waals surface area contributed by atoms with E-state index in [1.54, 1.807) is 12.1 Å².